The normalized spacial score (nSPS) is 24.8. The van der Waals surface area contributed by atoms with Crippen molar-refractivity contribution >= 4 is 12.2 Å². The lowest BCUT2D eigenvalue weighted by atomic mass is 10.1. The lowest BCUT2D eigenvalue weighted by molar-refractivity contribution is 0.118. The molecular weight excluding hydrogens is 360 g/mol. The Bertz CT molecular complexity index is 739. The van der Waals surface area contributed by atoms with Gasteiger partial charge in [0.2, 0.25) is 0 Å². The first-order valence-corrected chi connectivity index (χ1v) is 10.6. The fraction of sp³-hybridized carbons (Fsp3) is 0.385. The van der Waals surface area contributed by atoms with Gasteiger partial charge in [-0.3, -0.25) is 0 Å². The molecule has 29 heavy (non-hydrogen) atoms. The summed E-state index contributed by atoms with van der Waals surface area (Å²) in [5.74, 6) is 0. The molecule has 2 aromatic rings. The van der Waals surface area contributed by atoms with Gasteiger partial charge in [0.25, 0.3) is 0 Å². The molecule has 0 spiro atoms. The molecule has 0 bridgehead atoms. The number of benzene rings is 2. The molecule has 2 aromatic carbocycles. The molecule has 0 saturated carbocycles. The van der Waals surface area contributed by atoms with Gasteiger partial charge in [0.15, 0.2) is 0 Å². The molecule has 2 aliphatic heterocycles. The van der Waals surface area contributed by atoms with Gasteiger partial charge in [0, 0.05) is 26.1 Å². The van der Waals surface area contributed by atoms with Crippen LogP contribution in [0.4, 0.5) is 0 Å². The highest BCUT2D eigenvalue weighted by Crippen LogP contribution is 2.30. The second kappa shape index (κ2) is 9.53. The van der Waals surface area contributed by atoms with E-state index >= 15 is 0 Å². The molecule has 2 saturated heterocycles. The van der Waals surface area contributed by atoms with Crippen LogP contribution in [-0.4, -0.2) is 37.6 Å². The summed E-state index contributed by atoms with van der Waals surface area (Å²) >= 11 is 0. The van der Waals surface area contributed by atoms with Gasteiger partial charge in [-0.15, -0.1) is 0 Å². The van der Waals surface area contributed by atoms with Crippen LogP contribution >= 0.6 is 0 Å². The summed E-state index contributed by atoms with van der Waals surface area (Å²) in [5.41, 5.74) is 4.95. The zero-order valence-electron chi connectivity index (χ0n) is 17.0. The number of ether oxygens (including phenoxy) is 3. The van der Waals surface area contributed by atoms with Crippen molar-refractivity contribution in [3.63, 3.8) is 0 Å². The average Bonchev–Trinajstić information content (AvgIpc) is 3.67. The minimum absolute atomic E-state index is 0.344. The van der Waals surface area contributed by atoms with Crippen LogP contribution in [0.1, 0.15) is 35.1 Å². The molecule has 4 unspecified atom stereocenters. The second-order valence-corrected chi connectivity index (χ2v) is 7.92. The number of hydrogen-bond acceptors (Lipinski definition) is 3. The van der Waals surface area contributed by atoms with E-state index in [1.165, 1.54) is 11.1 Å². The maximum absolute atomic E-state index is 5.81. The van der Waals surface area contributed by atoms with Crippen LogP contribution in [0.15, 0.2) is 61.7 Å². The summed E-state index contributed by atoms with van der Waals surface area (Å²) in [6, 6.07) is 17.0. The van der Waals surface area contributed by atoms with E-state index in [1.807, 2.05) is 12.2 Å². The standard InChI is InChI=1S/C26H30O3/c1-3-19-5-9-21(10-6-19)17-25-23(28-25)13-15-27-16-14-24-26(29-24)18-22-11-7-20(4-2)8-12-22/h3-12,23-26H,1-2,13-18H2. The molecular formula is C26H30O3. The third-order valence-electron chi connectivity index (χ3n) is 5.77. The van der Waals surface area contributed by atoms with Gasteiger partial charge >= 0.3 is 0 Å². The molecule has 4 rings (SSSR count). The van der Waals surface area contributed by atoms with Crippen LogP contribution in [0.25, 0.3) is 12.2 Å². The van der Waals surface area contributed by atoms with E-state index in [0.717, 1.165) is 50.0 Å². The predicted molar refractivity (Wildman–Crippen MR) is 118 cm³/mol. The van der Waals surface area contributed by atoms with Crippen LogP contribution in [0.2, 0.25) is 0 Å². The zero-order valence-corrected chi connectivity index (χ0v) is 17.0. The fourth-order valence-corrected chi connectivity index (χ4v) is 3.77. The third kappa shape index (κ3) is 5.89. The van der Waals surface area contributed by atoms with Crippen LogP contribution < -0.4 is 0 Å². The van der Waals surface area contributed by atoms with E-state index in [1.54, 1.807) is 0 Å². The SMILES string of the molecule is C=Cc1ccc(CC2OC2CCOCCC2OC2Cc2ccc(C=C)cc2)cc1. The Morgan fingerprint density at radius 1 is 0.655 bits per heavy atom. The van der Waals surface area contributed by atoms with Gasteiger partial charge < -0.3 is 14.2 Å². The molecule has 3 heteroatoms. The number of hydrogen-bond donors (Lipinski definition) is 0. The summed E-state index contributed by atoms with van der Waals surface area (Å²) in [6.07, 6.45) is 9.02. The van der Waals surface area contributed by atoms with Gasteiger partial charge in [-0.2, -0.15) is 0 Å². The summed E-state index contributed by atoms with van der Waals surface area (Å²) in [5, 5.41) is 0. The third-order valence-corrected chi connectivity index (χ3v) is 5.77. The van der Waals surface area contributed by atoms with Gasteiger partial charge in [0.05, 0.1) is 24.4 Å². The van der Waals surface area contributed by atoms with Gasteiger partial charge in [-0.25, -0.2) is 0 Å². The highest BCUT2D eigenvalue weighted by atomic mass is 16.6. The molecule has 0 amide bonds. The Labute approximate surface area is 174 Å². The highest BCUT2D eigenvalue weighted by Gasteiger charge is 2.39. The van der Waals surface area contributed by atoms with E-state index in [2.05, 4.69) is 61.7 Å². The van der Waals surface area contributed by atoms with Crippen molar-refractivity contribution < 1.29 is 14.2 Å². The number of epoxide rings is 2. The second-order valence-electron chi connectivity index (χ2n) is 7.92. The first-order valence-electron chi connectivity index (χ1n) is 10.6. The summed E-state index contributed by atoms with van der Waals surface area (Å²) in [6.45, 7) is 9.10. The Kier molecular flexibility index (Phi) is 6.60. The lowest BCUT2D eigenvalue weighted by Gasteiger charge is -2.02. The fourth-order valence-electron chi connectivity index (χ4n) is 3.77. The van der Waals surface area contributed by atoms with E-state index in [-0.39, 0.29) is 0 Å². The predicted octanol–water partition coefficient (Wildman–Crippen LogP) is 5.09. The Balaban J connectivity index is 1.04. The van der Waals surface area contributed by atoms with Crippen molar-refractivity contribution in [1.29, 1.82) is 0 Å². The van der Waals surface area contributed by atoms with E-state index < -0.39 is 0 Å². The highest BCUT2D eigenvalue weighted by molar-refractivity contribution is 5.47. The molecule has 4 atom stereocenters. The summed E-state index contributed by atoms with van der Waals surface area (Å²) in [4.78, 5) is 0. The number of rotatable bonds is 12. The maximum Gasteiger partial charge on any atom is 0.0883 e. The van der Waals surface area contributed by atoms with Crippen molar-refractivity contribution in [2.75, 3.05) is 13.2 Å². The van der Waals surface area contributed by atoms with Crippen molar-refractivity contribution in [2.45, 2.75) is 50.1 Å². The Morgan fingerprint density at radius 2 is 1.07 bits per heavy atom. The first-order chi connectivity index (χ1) is 14.2. The maximum atomic E-state index is 5.81. The van der Waals surface area contributed by atoms with Gasteiger partial charge in [0.1, 0.15) is 0 Å². The topological polar surface area (TPSA) is 34.3 Å². The molecule has 2 fully saturated rings. The van der Waals surface area contributed by atoms with Gasteiger partial charge in [-0.05, 0) is 35.1 Å². The zero-order chi connectivity index (χ0) is 20.1. The molecule has 3 nitrogen and oxygen atoms in total. The van der Waals surface area contributed by atoms with E-state index in [0.29, 0.717) is 24.4 Å². The van der Waals surface area contributed by atoms with Crippen LogP contribution in [-0.2, 0) is 27.1 Å². The van der Waals surface area contributed by atoms with Crippen molar-refractivity contribution in [1.82, 2.24) is 0 Å². The minimum atomic E-state index is 0.344. The Hall–Kier alpha value is -2.20. The van der Waals surface area contributed by atoms with Crippen LogP contribution in [0.3, 0.4) is 0 Å². The molecule has 0 aliphatic carbocycles. The average molecular weight is 391 g/mol. The molecule has 0 N–H and O–H groups in total. The first kappa shape index (κ1) is 20.1. The largest absolute Gasteiger partial charge is 0.381 e. The van der Waals surface area contributed by atoms with Crippen LogP contribution in [0.5, 0.6) is 0 Å². The molecule has 0 radical (unpaired) electrons. The smallest absolute Gasteiger partial charge is 0.0883 e. The minimum Gasteiger partial charge on any atom is -0.381 e. The lowest BCUT2D eigenvalue weighted by Crippen LogP contribution is -2.07. The van der Waals surface area contributed by atoms with Crippen molar-refractivity contribution in [3.05, 3.63) is 83.9 Å². The van der Waals surface area contributed by atoms with Crippen molar-refractivity contribution in [2.24, 2.45) is 0 Å². The molecule has 152 valence electrons. The molecule has 2 heterocycles. The molecule has 2 aliphatic rings. The quantitative estimate of drug-likeness (QED) is 0.374. The van der Waals surface area contributed by atoms with Gasteiger partial charge in [-0.1, -0.05) is 73.8 Å². The summed E-state index contributed by atoms with van der Waals surface area (Å²) in [7, 11) is 0. The van der Waals surface area contributed by atoms with Crippen molar-refractivity contribution in [3.8, 4) is 0 Å². The van der Waals surface area contributed by atoms with Crippen LogP contribution in [0, 0.1) is 0 Å². The monoisotopic (exact) mass is 390 g/mol. The Morgan fingerprint density at radius 3 is 1.45 bits per heavy atom. The van der Waals surface area contributed by atoms with E-state index in [4.69, 9.17) is 14.2 Å². The molecule has 0 aromatic heterocycles. The van der Waals surface area contributed by atoms with E-state index in [9.17, 15) is 0 Å². The summed E-state index contributed by atoms with van der Waals surface area (Å²) < 4.78 is 17.4.